The van der Waals surface area contributed by atoms with E-state index in [-0.39, 0.29) is 10.8 Å². The number of anilines is 3. The van der Waals surface area contributed by atoms with E-state index >= 15 is 0 Å². The third-order valence-electron chi connectivity index (χ3n) is 5.11. The Labute approximate surface area is 198 Å². The maximum atomic E-state index is 12.7. The summed E-state index contributed by atoms with van der Waals surface area (Å²) in [7, 11) is -3.82. The molecule has 0 aliphatic carbocycles. The van der Waals surface area contributed by atoms with E-state index < -0.39 is 10.0 Å². The van der Waals surface area contributed by atoms with Gasteiger partial charge in [0.2, 0.25) is 5.88 Å². The molecule has 0 spiro atoms. The van der Waals surface area contributed by atoms with Crippen LogP contribution in [0.25, 0.3) is 11.3 Å². The second kappa shape index (κ2) is 9.92. The van der Waals surface area contributed by atoms with Crippen molar-refractivity contribution in [1.82, 2.24) is 15.1 Å². The maximum Gasteiger partial charge on any atom is 0.264 e. The van der Waals surface area contributed by atoms with Crippen LogP contribution in [0.3, 0.4) is 0 Å². The van der Waals surface area contributed by atoms with Crippen LogP contribution in [0.15, 0.2) is 70.3 Å². The summed E-state index contributed by atoms with van der Waals surface area (Å²) >= 11 is 0. The van der Waals surface area contributed by atoms with Gasteiger partial charge in [0.05, 0.1) is 22.9 Å². The van der Waals surface area contributed by atoms with Crippen LogP contribution in [0.1, 0.15) is 24.6 Å². The van der Waals surface area contributed by atoms with Gasteiger partial charge in [-0.15, -0.1) is 0 Å². The molecule has 0 atom stereocenters. The molecule has 0 aliphatic rings. The number of hydrogen-bond acceptors (Lipinski definition) is 8. The van der Waals surface area contributed by atoms with E-state index in [2.05, 4.69) is 32.1 Å². The Morgan fingerprint density at radius 2 is 1.79 bits per heavy atom. The van der Waals surface area contributed by atoms with Crippen molar-refractivity contribution in [2.75, 3.05) is 16.6 Å². The maximum absolute atomic E-state index is 12.7. The zero-order valence-electron chi connectivity index (χ0n) is 19.1. The van der Waals surface area contributed by atoms with Crippen LogP contribution in [0.4, 0.5) is 17.4 Å². The average molecular weight is 480 g/mol. The van der Waals surface area contributed by atoms with Gasteiger partial charge in [0.1, 0.15) is 17.9 Å². The van der Waals surface area contributed by atoms with Gasteiger partial charge in [0.25, 0.3) is 10.0 Å². The Kier molecular flexibility index (Phi) is 6.78. The van der Waals surface area contributed by atoms with E-state index in [1.165, 1.54) is 18.5 Å². The molecule has 0 saturated carbocycles. The van der Waals surface area contributed by atoms with Gasteiger partial charge in [-0.3, -0.25) is 0 Å². The molecule has 10 heteroatoms. The summed E-state index contributed by atoms with van der Waals surface area (Å²) in [6.07, 6.45) is 2.38. The Bertz CT molecular complexity index is 1380. The Morgan fingerprint density at radius 3 is 2.50 bits per heavy atom. The smallest absolute Gasteiger partial charge is 0.264 e. The van der Waals surface area contributed by atoms with Crippen molar-refractivity contribution in [3.63, 3.8) is 0 Å². The molecule has 34 heavy (non-hydrogen) atoms. The predicted molar refractivity (Wildman–Crippen MR) is 130 cm³/mol. The lowest BCUT2D eigenvalue weighted by Gasteiger charge is -2.12. The van der Waals surface area contributed by atoms with Crippen molar-refractivity contribution in [2.24, 2.45) is 0 Å². The minimum Gasteiger partial charge on any atom is -0.493 e. The number of para-hydroxylation sites is 1. The Hall–Kier alpha value is -3.92. The first kappa shape index (κ1) is 23.2. The van der Waals surface area contributed by atoms with Crippen LogP contribution in [0.5, 0.6) is 5.75 Å². The van der Waals surface area contributed by atoms with E-state index in [1.54, 1.807) is 26.0 Å². The minimum absolute atomic E-state index is 0.0943. The number of aromatic nitrogens is 3. The van der Waals surface area contributed by atoms with Gasteiger partial charge in [-0.1, -0.05) is 24.2 Å². The summed E-state index contributed by atoms with van der Waals surface area (Å²) in [6.45, 7) is 6.15. The molecule has 9 nitrogen and oxygen atoms in total. The fourth-order valence-electron chi connectivity index (χ4n) is 3.15. The van der Waals surface area contributed by atoms with Gasteiger partial charge in [-0.2, -0.15) is 0 Å². The average Bonchev–Trinajstić information content (AvgIpc) is 3.15. The topological polar surface area (TPSA) is 119 Å². The molecule has 2 aromatic heterocycles. The third-order valence-corrected chi connectivity index (χ3v) is 6.46. The van der Waals surface area contributed by atoms with E-state index in [9.17, 15) is 8.42 Å². The predicted octanol–water partition coefficient (Wildman–Crippen LogP) is 5.08. The van der Waals surface area contributed by atoms with Crippen molar-refractivity contribution in [3.8, 4) is 17.0 Å². The molecule has 2 heterocycles. The summed E-state index contributed by atoms with van der Waals surface area (Å²) in [4.78, 5) is 8.75. The lowest BCUT2D eigenvalue weighted by Crippen LogP contribution is -2.13. The quantitative estimate of drug-likeness (QED) is 0.341. The zero-order chi connectivity index (χ0) is 24.1. The van der Waals surface area contributed by atoms with E-state index in [1.807, 2.05) is 30.3 Å². The van der Waals surface area contributed by atoms with Gasteiger partial charge in [-0.05, 0) is 56.7 Å². The number of ether oxygens (including phenoxy) is 1. The van der Waals surface area contributed by atoms with E-state index in [4.69, 9.17) is 9.26 Å². The highest BCUT2D eigenvalue weighted by Gasteiger charge is 2.19. The molecular formula is C24H25N5O4S. The third kappa shape index (κ3) is 5.18. The van der Waals surface area contributed by atoms with E-state index in [0.29, 0.717) is 35.1 Å². The van der Waals surface area contributed by atoms with Gasteiger partial charge in [0.15, 0.2) is 0 Å². The highest BCUT2D eigenvalue weighted by molar-refractivity contribution is 7.92. The van der Waals surface area contributed by atoms with Crippen molar-refractivity contribution in [2.45, 2.75) is 32.1 Å². The van der Waals surface area contributed by atoms with Gasteiger partial charge < -0.3 is 14.6 Å². The van der Waals surface area contributed by atoms with Crippen LogP contribution in [0.2, 0.25) is 0 Å². The molecule has 4 aromatic rings. The molecule has 0 amide bonds. The highest BCUT2D eigenvalue weighted by Crippen LogP contribution is 2.30. The van der Waals surface area contributed by atoms with Gasteiger partial charge in [-0.25, -0.2) is 23.1 Å². The zero-order valence-corrected chi connectivity index (χ0v) is 19.9. The second-order valence-electron chi connectivity index (χ2n) is 7.61. The normalized spacial score (nSPS) is 11.3. The number of benzene rings is 2. The first-order valence-corrected chi connectivity index (χ1v) is 12.2. The fourth-order valence-corrected chi connectivity index (χ4v) is 4.19. The molecule has 2 N–H and O–H groups in total. The Balaban J connectivity index is 1.51. The number of rotatable bonds is 9. The first-order valence-electron chi connectivity index (χ1n) is 10.7. The van der Waals surface area contributed by atoms with Crippen molar-refractivity contribution in [3.05, 3.63) is 72.2 Å². The SMILES string of the molecule is CCCOc1ccccc1-c1cc(Nc2ccc(S(=O)(=O)Nc3onc(C)c3C)cc2)ncn1. The molecule has 4 rings (SSSR count). The molecule has 0 fully saturated rings. The summed E-state index contributed by atoms with van der Waals surface area (Å²) in [5.41, 5.74) is 3.52. The summed E-state index contributed by atoms with van der Waals surface area (Å²) in [5.74, 6) is 1.43. The summed E-state index contributed by atoms with van der Waals surface area (Å²) in [5, 5.41) is 6.95. The number of sulfonamides is 1. The minimum atomic E-state index is -3.82. The largest absolute Gasteiger partial charge is 0.493 e. The molecule has 0 radical (unpaired) electrons. The highest BCUT2D eigenvalue weighted by atomic mass is 32.2. The molecule has 2 aromatic carbocycles. The van der Waals surface area contributed by atoms with Gasteiger partial charge in [0, 0.05) is 22.9 Å². The monoisotopic (exact) mass is 479 g/mol. The number of aryl methyl sites for hydroxylation is 1. The van der Waals surface area contributed by atoms with Crippen LogP contribution < -0.4 is 14.8 Å². The number of hydrogen-bond donors (Lipinski definition) is 2. The first-order chi connectivity index (χ1) is 16.4. The Morgan fingerprint density at radius 1 is 1.03 bits per heavy atom. The molecule has 0 saturated heterocycles. The molecule has 0 unspecified atom stereocenters. The van der Waals surface area contributed by atoms with Crippen LogP contribution in [0, 0.1) is 13.8 Å². The van der Waals surface area contributed by atoms with Crippen molar-refractivity contribution < 1.29 is 17.7 Å². The summed E-state index contributed by atoms with van der Waals surface area (Å²) < 4.78 is 38.7. The number of nitrogens with zero attached hydrogens (tertiary/aromatic N) is 3. The van der Waals surface area contributed by atoms with Crippen LogP contribution in [-0.4, -0.2) is 30.1 Å². The fraction of sp³-hybridized carbons (Fsp3) is 0.208. The summed E-state index contributed by atoms with van der Waals surface area (Å²) in [6, 6.07) is 15.8. The standard InChI is InChI=1S/C24H25N5O4S/c1-4-13-32-22-8-6-5-7-20(22)21-14-23(26-15-25-21)27-18-9-11-19(12-10-18)34(30,31)29-24-16(2)17(3)28-33-24/h5-12,14-15,29H,4,13H2,1-3H3,(H,25,26,27). The van der Waals surface area contributed by atoms with Crippen molar-refractivity contribution >= 4 is 27.4 Å². The van der Waals surface area contributed by atoms with E-state index in [0.717, 1.165) is 17.7 Å². The second-order valence-corrected chi connectivity index (χ2v) is 9.29. The van der Waals surface area contributed by atoms with Crippen LogP contribution >= 0.6 is 0 Å². The molecule has 0 bridgehead atoms. The lowest BCUT2D eigenvalue weighted by atomic mass is 10.1. The molecular weight excluding hydrogens is 454 g/mol. The van der Waals surface area contributed by atoms with Crippen molar-refractivity contribution in [1.29, 1.82) is 0 Å². The lowest BCUT2D eigenvalue weighted by molar-refractivity contribution is 0.318. The molecule has 176 valence electrons. The van der Waals surface area contributed by atoms with Gasteiger partial charge >= 0.3 is 0 Å². The van der Waals surface area contributed by atoms with Crippen LogP contribution in [-0.2, 0) is 10.0 Å². The molecule has 0 aliphatic heterocycles. The number of nitrogens with one attached hydrogen (secondary N) is 2.